The van der Waals surface area contributed by atoms with Crippen LogP contribution in [0.15, 0.2) is 64.4 Å². The molecule has 6 nitrogen and oxygen atoms in total. The number of methoxy groups -OCH3 is 1. The summed E-state index contributed by atoms with van der Waals surface area (Å²) < 4.78 is 11.0. The highest BCUT2D eigenvalue weighted by atomic mass is 32.1. The van der Waals surface area contributed by atoms with E-state index in [1.165, 1.54) is 5.56 Å². The van der Waals surface area contributed by atoms with Crippen LogP contribution in [0.25, 0.3) is 0 Å². The quantitative estimate of drug-likeness (QED) is 0.441. The van der Waals surface area contributed by atoms with Gasteiger partial charge in [-0.15, -0.1) is 0 Å². The molecule has 0 fully saturated rings. The van der Waals surface area contributed by atoms with E-state index in [9.17, 15) is 0 Å². The summed E-state index contributed by atoms with van der Waals surface area (Å²) in [7, 11) is 1.63. The Kier molecular flexibility index (Phi) is 7.26. The first-order valence-corrected chi connectivity index (χ1v) is 10.0. The Bertz CT molecular complexity index is 880. The second-order valence-electron chi connectivity index (χ2n) is 5.97. The van der Waals surface area contributed by atoms with Crippen molar-refractivity contribution in [3.63, 3.8) is 0 Å². The van der Waals surface area contributed by atoms with E-state index in [-0.39, 0.29) is 0 Å². The third kappa shape index (κ3) is 5.99. The summed E-state index contributed by atoms with van der Waals surface area (Å²) >= 11 is 1.68. The molecule has 1 aromatic carbocycles. The molecule has 0 unspecified atom stereocenters. The van der Waals surface area contributed by atoms with Crippen LogP contribution in [0.5, 0.6) is 17.4 Å². The number of pyridine rings is 1. The normalized spacial score (nSPS) is 11.1. The molecular weight excluding hydrogens is 372 g/mol. The van der Waals surface area contributed by atoms with Gasteiger partial charge in [0.2, 0.25) is 5.88 Å². The molecule has 0 atom stereocenters. The summed E-state index contributed by atoms with van der Waals surface area (Å²) in [6, 6.07) is 13.4. The van der Waals surface area contributed by atoms with Gasteiger partial charge in [-0.3, -0.25) is 0 Å². The Morgan fingerprint density at radius 2 is 2.00 bits per heavy atom. The fraction of sp³-hybridized carbons (Fsp3) is 0.238. The van der Waals surface area contributed by atoms with Crippen molar-refractivity contribution in [3.05, 3.63) is 70.5 Å². The van der Waals surface area contributed by atoms with Gasteiger partial charge in [-0.25, -0.2) is 9.98 Å². The molecule has 0 amide bonds. The van der Waals surface area contributed by atoms with E-state index < -0.39 is 0 Å². The lowest BCUT2D eigenvalue weighted by molar-refractivity contribution is 0.407. The summed E-state index contributed by atoms with van der Waals surface area (Å²) in [5, 5.41) is 10.8. The Balaban J connectivity index is 1.55. The van der Waals surface area contributed by atoms with E-state index in [4.69, 9.17) is 9.47 Å². The zero-order valence-electron chi connectivity index (χ0n) is 16.0. The number of aromatic nitrogens is 1. The van der Waals surface area contributed by atoms with Gasteiger partial charge in [-0.2, -0.15) is 11.3 Å². The van der Waals surface area contributed by atoms with Gasteiger partial charge in [0.15, 0.2) is 5.96 Å². The van der Waals surface area contributed by atoms with Crippen LogP contribution in [0.1, 0.15) is 18.1 Å². The van der Waals surface area contributed by atoms with Gasteiger partial charge in [0, 0.05) is 31.4 Å². The second-order valence-corrected chi connectivity index (χ2v) is 6.75. The first-order chi connectivity index (χ1) is 13.8. The smallest absolute Gasteiger partial charge is 0.219 e. The standard InChI is InChI=1S/C21H24N4O2S/c1-3-22-21(25-14-17-9-10-28-15-17)24-13-16-7-8-20(23-12-16)27-19-6-4-5-18(11-19)26-2/h4-12,15H,3,13-14H2,1-2H3,(H2,22,24,25). The van der Waals surface area contributed by atoms with Crippen LogP contribution in [0.2, 0.25) is 0 Å². The molecule has 146 valence electrons. The molecule has 2 N–H and O–H groups in total. The molecule has 0 saturated carbocycles. The predicted octanol–water partition coefficient (Wildman–Crippen LogP) is 4.20. The zero-order valence-corrected chi connectivity index (χ0v) is 16.8. The number of rotatable bonds is 8. The maximum Gasteiger partial charge on any atom is 0.219 e. The van der Waals surface area contributed by atoms with Crippen molar-refractivity contribution < 1.29 is 9.47 Å². The maximum absolute atomic E-state index is 5.77. The number of ether oxygens (including phenoxy) is 2. The largest absolute Gasteiger partial charge is 0.497 e. The van der Waals surface area contributed by atoms with Crippen LogP contribution >= 0.6 is 11.3 Å². The first-order valence-electron chi connectivity index (χ1n) is 9.07. The summed E-state index contributed by atoms with van der Waals surface area (Å²) in [4.78, 5) is 8.98. The van der Waals surface area contributed by atoms with Crippen LogP contribution in [0.3, 0.4) is 0 Å². The Labute approximate surface area is 169 Å². The highest BCUT2D eigenvalue weighted by Crippen LogP contribution is 2.23. The van der Waals surface area contributed by atoms with Gasteiger partial charge < -0.3 is 20.1 Å². The minimum absolute atomic E-state index is 0.537. The predicted molar refractivity (Wildman–Crippen MR) is 113 cm³/mol. The van der Waals surface area contributed by atoms with E-state index >= 15 is 0 Å². The molecule has 2 aromatic heterocycles. The van der Waals surface area contributed by atoms with E-state index in [0.29, 0.717) is 24.7 Å². The fourth-order valence-electron chi connectivity index (χ4n) is 2.44. The van der Waals surface area contributed by atoms with Gasteiger partial charge in [-0.05, 0) is 47.0 Å². The lowest BCUT2D eigenvalue weighted by Gasteiger charge is -2.11. The molecule has 0 bridgehead atoms. The Morgan fingerprint density at radius 3 is 2.71 bits per heavy atom. The minimum Gasteiger partial charge on any atom is -0.497 e. The molecule has 0 aliphatic heterocycles. The first kappa shape index (κ1) is 19.7. The molecule has 0 aliphatic rings. The van der Waals surface area contributed by atoms with Crippen molar-refractivity contribution in [1.82, 2.24) is 15.6 Å². The van der Waals surface area contributed by atoms with E-state index in [2.05, 4.69) is 37.4 Å². The van der Waals surface area contributed by atoms with Gasteiger partial charge in [0.1, 0.15) is 11.5 Å². The van der Waals surface area contributed by atoms with Crippen LogP contribution in [-0.2, 0) is 13.1 Å². The molecule has 0 saturated heterocycles. The van der Waals surface area contributed by atoms with Gasteiger partial charge in [0.25, 0.3) is 0 Å². The number of hydrogen-bond acceptors (Lipinski definition) is 5. The van der Waals surface area contributed by atoms with Crippen LogP contribution in [-0.4, -0.2) is 24.6 Å². The van der Waals surface area contributed by atoms with Crippen LogP contribution in [0, 0.1) is 0 Å². The average Bonchev–Trinajstić information content (AvgIpc) is 3.25. The van der Waals surface area contributed by atoms with Crippen LogP contribution in [0.4, 0.5) is 0 Å². The maximum atomic E-state index is 5.77. The van der Waals surface area contributed by atoms with Crippen molar-refractivity contribution >= 4 is 17.3 Å². The molecule has 0 radical (unpaired) electrons. The second kappa shape index (κ2) is 10.3. The van der Waals surface area contributed by atoms with Crippen molar-refractivity contribution in [1.29, 1.82) is 0 Å². The Hall–Kier alpha value is -3.06. The monoisotopic (exact) mass is 396 g/mol. The topological polar surface area (TPSA) is 67.8 Å². The third-order valence-electron chi connectivity index (χ3n) is 3.87. The highest BCUT2D eigenvalue weighted by Gasteiger charge is 2.03. The minimum atomic E-state index is 0.537. The van der Waals surface area contributed by atoms with Crippen molar-refractivity contribution in [2.45, 2.75) is 20.0 Å². The number of nitrogens with one attached hydrogen (secondary N) is 2. The summed E-state index contributed by atoms with van der Waals surface area (Å²) in [6.07, 6.45) is 1.80. The van der Waals surface area contributed by atoms with E-state index in [0.717, 1.165) is 23.8 Å². The SMILES string of the molecule is CCNC(=NCc1ccsc1)NCc1ccc(Oc2cccc(OC)c2)nc1. The number of guanidine groups is 1. The molecule has 28 heavy (non-hydrogen) atoms. The number of aliphatic imine (C=N–C) groups is 1. The number of benzene rings is 1. The fourth-order valence-corrected chi connectivity index (χ4v) is 3.10. The summed E-state index contributed by atoms with van der Waals surface area (Å²) in [5.74, 6) is 2.75. The van der Waals surface area contributed by atoms with Crippen LogP contribution < -0.4 is 20.1 Å². The van der Waals surface area contributed by atoms with Crippen molar-refractivity contribution in [2.75, 3.05) is 13.7 Å². The summed E-state index contributed by atoms with van der Waals surface area (Å²) in [6.45, 7) is 4.14. The molecule has 0 aliphatic carbocycles. The molecule has 2 heterocycles. The van der Waals surface area contributed by atoms with Gasteiger partial charge >= 0.3 is 0 Å². The zero-order chi connectivity index (χ0) is 19.6. The van der Waals surface area contributed by atoms with Crippen molar-refractivity contribution in [3.8, 4) is 17.4 Å². The summed E-state index contributed by atoms with van der Waals surface area (Å²) in [5.41, 5.74) is 2.25. The van der Waals surface area contributed by atoms with E-state index in [1.807, 2.05) is 43.3 Å². The lowest BCUT2D eigenvalue weighted by Crippen LogP contribution is -2.36. The molecule has 3 aromatic rings. The highest BCUT2D eigenvalue weighted by molar-refractivity contribution is 7.07. The molecule has 7 heteroatoms. The molecule has 0 spiro atoms. The van der Waals surface area contributed by atoms with Gasteiger partial charge in [0.05, 0.1) is 13.7 Å². The van der Waals surface area contributed by atoms with E-state index in [1.54, 1.807) is 24.6 Å². The molecular formula is C21H24N4O2S. The number of nitrogens with zero attached hydrogens (tertiary/aromatic N) is 2. The third-order valence-corrected chi connectivity index (χ3v) is 4.60. The van der Waals surface area contributed by atoms with Gasteiger partial charge in [-0.1, -0.05) is 12.1 Å². The Morgan fingerprint density at radius 1 is 1.11 bits per heavy atom. The molecule has 3 rings (SSSR count). The average molecular weight is 397 g/mol. The lowest BCUT2D eigenvalue weighted by atomic mass is 10.3. The number of hydrogen-bond donors (Lipinski definition) is 2. The number of thiophene rings is 1. The van der Waals surface area contributed by atoms with Crippen molar-refractivity contribution in [2.24, 2.45) is 4.99 Å².